The zero-order valence-corrected chi connectivity index (χ0v) is 15.7. The number of esters is 1. The zero-order valence-electron chi connectivity index (χ0n) is 14.9. The average Bonchev–Trinajstić information content (AvgIpc) is 2.66. The average molecular weight is 389 g/mol. The summed E-state index contributed by atoms with van der Waals surface area (Å²) >= 11 is 0. The predicted octanol–water partition coefficient (Wildman–Crippen LogP) is 2.89. The highest BCUT2D eigenvalue weighted by Crippen LogP contribution is 2.14. The number of hydrogen-bond donors (Lipinski definition) is 0. The Morgan fingerprint density at radius 2 is 1.63 bits per heavy atom. The van der Waals surface area contributed by atoms with E-state index in [4.69, 9.17) is 4.74 Å². The Kier molecular flexibility index (Phi) is 6.84. The fourth-order valence-corrected chi connectivity index (χ4v) is 2.84. The SMILES string of the molecule is CCOC(=O)C/C(=N/OS(=O)(=O)c1ccc(C)cc1)C(=O)c1ccccc1. The largest absolute Gasteiger partial charge is 0.466 e. The molecule has 0 heterocycles. The van der Waals surface area contributed by atoms with E-state index in [1.165, 1.54) is 24.3 Å². The van der Waals surface area contributed by atoms with E-state index < -0.39 is 28.3 Å². The molecule has 0 aromatic heterocycles. The van der Waals surface area contributed by atoms with Crippen LogP contribution in [-0.2, 0) is 23.9 Å². The number of rotatable bonds is 8. The number of ketones is 1. The van der Waals surface area contributed by atoms with Gasteiger partial charge in [0, 0.05) is 5.56 Å². The van der Waals surface area contributed by atoms with Crippen molar-refractivity contribution >= 4 is 27.6 Å². The van der Waals surface area contributed by atoms with E-state index >= 15 is 0 Å². The highest BCUT2D eigenvalue weighted by Gasteiger charge is 2.22. The molecule has 2 aromatic rings. The zero-order chi connectivity index (χ0) is 19.9. The number of nitrogens with zero attached hydrogens (tertiary/aromatic N) is 1. The van der Waals surface area contributed by atoms with Crippen molar-refractivity contribution in [1.82, 2.24) is 0 Å². The number of aryl methyl sites for hydroxylation is 1. The summed E-state index contributed by atoms with van der Waals surface area (Å²) in [5, 5.41) is 3.47. The molecular weight excluding hydrogens is 370 g/mol. The fourth-order valence-electron chi connectivity index (χ4n) is 2.10. The summed E-state index contributed by atoms with van der Waals surface area (Å²) in [7, 11) is -4.23. The Balaban J connectivity index is 2.30. The summed E-state index contributed by atoms with van der Waals surface area (Å²) in [6.45, 7) is 3.55. The Bertz CT molecular complexity index is 934. The molecule has 0 saturated carbocycles. The van der Waals surface area contributed by atoms with E-state index in [0.717, 1.165) is 5.56 Å². The molecule has 7 nitrogen and oxygen atoms in total. The molecule has 0 radical (unpaired) electrons. The summed E-state index contributed by atoms with van der Waals surface area (Å²) < 4.78 is 34.0. The molecule has 0 unspecified atom stereocenters. The third-order valence-electron chi connectivity index (χ3n) is 3.47. The minimum Gasteiger partial charge on any atom is -0.466 e. The Morgan fingerprint density at radius 3 is 2.22 bits per heavy atom. The number of benzene rings is 2. The molecule has 2 rings (SSSR count). The highest BCUT2D eigenvalue weighted by atomic mass is 32.2. The number of Topliss-reactive ketones (excluding diaryl/α,β-unsaturated/α-hetero) is 1. The number of hydrogen-bond acceptors (Lipinski definition) is 7. The lowest BCUT2D eigenvalue weighted by atomic mass is 10.1. The normalized spacial score (nSPS) is 11.7. The number of carbonyl (C=O) groups excluding carboxylic acids is 2. The first-order chi connectivity index (χ1) is 12.8. The Labute approximate surface area is 157 Å². The van der Waals surface area contributed by atoms with Gasteiger partial charge in [-0.25, -0.2) is 0 Å². The van der Waals surface area contributed by atoms with E-state index in [1.54, 1.807) is 37.3 Å². The first kappa shape index (κ1) is 20.3. The molecule has 0 fully saturated rings. The highest BCUT2D eigenvalue weighted by molar-refractivity contribution is 7.86. The molecule has 27 heavy (non-hydrogen) atoms. The second kappa shape index (κ2) is 9.09. The van der Waals surface area contributed by atoms with Gasteiger partial charge < -0.3 is 4.74 Å². The van der Waals surface area contributed by atoms with Crippen molar-refractivity contribution < 1.29 is 27.0 Å². The molecule has 0 N–H and O–H groups in total. The van der Waals surface area contributed by atoms with E-state index in [0.29, 0.717) is 0 Å². The van der Waals surface area contributed by atoms with Gasteiger partial charge in [0.05, 0.1) is 13.0 Å². The van der Waals surface area contributed by atoms with Crippen molar-refractivity contribution in [3.05, 3.63) is 65.7 Å². The van der Waals surface area contributed by atoms with Gasteiger partial charge in [-0.15, -0.1) is 0 Å². The van der Waals surface area contributed by atoms with Gasteiger partial charge in [-0.1, -0.05) is 53.2 Å². The third-order valence-corrected chi connectivity index (χ3v) is 4.59. The van der Waals surface area contributed by atoms with Crippen LogP contribution >= 0.6 is 0 Å². The number of carbonyl (C=O) groups is 2. The molecule has 142 valence electrons. The summed E-state index contributed by atoms with van der Waals surface area (Å²) in [6.07, 6.45) is -0.509. The lowest BCUT2D eigenvalue weighted by Gasteiger charge is -2.07. The van der Waals surface area contributed by atoms with Crippen LogP contribution in [0.25, 0.3) is 0 Å². The van der Waals surface area contributed by atoms with Gasteiger partial charge in [0.2, 0.25) is 5.78 Å². The first-order valence-corrected chi connectivity index (χ1v) is 9.57. The molecule has 0 amide bonds. The van der Waals surface area contributed by atoms with Gasteiger partial charge in [-0.3, -0.25) is 13.9 Å². The van der Waals surface area contributed by atoms with Crippen LogP contribution in [0.5, 0.6) is 0 Å². The van der Waals surface area contributed by atoms with Gasteiger partial charge >= 0.3 is 16.1 Å². The molecule has 0 aliphatic carbocycles. The van der Waals surface area contributed by atoms with Crippen LogP contribution in [0.15, 0.2) is 64.6 Å². The molecule has 0 bridgehead atoms. The standard InChI is InChI=1S/C19H19NO6S/c1-3-25-18(21)13-17(19(22)15-7-5-4-6-8-15)20-26-27(23,24)16-11-9-14(2)10-12-16/h4-12H,3,13H2,1-2H3/b20-17-. The Hall–Kier alpha value is -3.00. The van der Waals surface area contributed by atoms with Crippen LogP contribution in [0.3, 0.4) is 0 Å². The summed E-state index contributed by atoms with van der Waals surface area (Å²) in [5.74, 6) is -1.33. The van der Waals surface area contributed by atoms with Crippen molar-refractivity contribution in [2.45, 2.75) is 25.2 Å². The molecule has 2 aromatic carbocycles. The number of oxime groups is 1. The van der Waals surface area contributed by atoms with Crippen LogP contribution in [0.4, 0.5) is 0 Å². The third kappa shape index (κ3) is 5.75. The maximum atomic E-state index is 12.6. The number of ether oxygens (including phenoxy) is 1. The summed E-state index contributed by atoms with van der Waals surface area (Å²) in [6, 6.07) is 14.0. The molecule has 0 atom stereocenters. The Morgan fingerprint density at radius 1 is 1.00 bits per heavy atom. The monoisotopic (exact) mass is 389 g/mol. The van der Waals surface area contributed by atoms with Crippen LogP contribution in [0, 0.1) is 6.92 Å². The first-order valence-electron chi connectivity index (χ1n) is 8.16. The smallest absolute Gasteiger partial charge is 0.358 e. The predicted molar refractivity (Wildman–Crippen MR) is 98.9 cm³/mol. The van der Waals surface area contributed by atoms with Crippen molar-refractivity contribution in [2.75, 3.05) is 6.61 Å². The summed E-state index contributed by atoms with van der Waals surface area (Å²) in [4.78, 5) is 24.2. The topological polar surface area (TPSA) is 99.1 Å². The molecule has 8 heteroatoms. The fraction of sp³-hybridized carbons (Fsp3) is 0.211. The van der Waals surface area contributed by atoms with Crippen molar-refractivity contribution in [2.24, 2.45) is 5.16 Å². The van der Waals surface area contributed by atoms with Gasteiger partial charge in [0.1, 0.15) is 10.6 Å². The molecule has 0 saturated heterocycles. The van der Waals surface area contributed by atoms with Crippen LogP contribution < -0.4 is 0 Å². The molecule has 0 spiro atoms. The molecule has 0 aliphatic rings. The van der Waals surface area contributed by atoms with Crippen LogP contribution in [-0.4, -0.2) is 32.5 Å². The molecular formula is C19H19NO6S. The van der Waals surface area contributed by atoms with Gasteiger partial charge in [-0.2, -0.15) is 8.42 Å². The quantitative estimate of drug-likeness (QED) is 0.298. The van der Waals surface area contributed by atoms with Crippen LogP contribution in [0.2, 0.25) is 0 Å². The van der Waals surface area contributed by atoms with Gasteiger partial charge in [0.25, 0.3) is 0 Å². The van der Waals surface area contributed by atoms with E-state index in [-0.39, 0.29) is 22.8 Å². The van der Waals surface area contributed by atoms with E-state index in [1.807, 2.05) is 6.92 Å². The minimum atomic E-state index is -4.23. The van der Waals surface area contributed by atoms with Gasteiger partial charge in [-0.05, 0) is 26.0 Å². The summed E-state index contributed by atoms with van der Waals surface area (Å²) in [5.41, 5.74) is 0.756. The lowest BCUT2D eigenvalue weighted by Crippen LogP contribution is -2.21. The molecule has 0 aliphatic heterocycles. The second-order valence-electron chi connectivity index (χ2n) is 5.56. The van der Waals surface area contributed by atoms with Crippen molar-refractivity contribution in [1.29, 1.82) is 0 Å². The maximum Gasteiger partial charge on any atom is 0.358 e. The lowest BCUT2D eigenvalue weighted by molar-refractivity contribution is -0.141. The minimum absolute atomic E-state index is 0.112. The second-order valence-corrected chi connectivity index (χ2v) is 7.09. The van der Waals surface area contributed by atoms with Gasteiger partial charge in [0.15, 0.2) is 0 Å². The van der Waals surface area contributed by atoms with E-state index in [9.17, 15) is 18.0 Å². The van der Waals surface area contributed by atoms with Crippen LogP contribution in [0.1, 0.15) is 29.3 Å². The van der Waals surface area contributed by atoms with E-state index in [2.05, 4.69) is 9.44 Å². The maximum absolute atomic E-state index is 12.6. The van der Waals surface area contributed by atoms with Crippen molar-refractivity contribution in [3.63, 3.8) is 0 Å². The van der Waals surface area contributed by atoms with Crippen molar-refractivity contribution in [3.8, 4) is 0 Å².